The molecule has 1 fully saturated rings. The standard InChI is InChI=1S/C15H25N3O2/c1-20-10-6-16-11-14-5-9-17(12-14)13-15(19)18-7-3-2-4-8-18/h5,9,12,16H,2-4,6-8,10-11,13H2,1H3. The minimum absolute atomic E-state index is 0.235. The summed E-state index contributed by atoms with van der Waals surface area (Å²) in [4.78, 5) is 14.1. The van der Waals surface area contributed by atoms with Gasteiger partial charge in [0.15, 0.2) is 0 Å². The largest absolute Gasteiger partial charge is 0.383 e. The Labute approximate surface area is 120 Å². The van der Waals surface area contributed by atoms with Gasteiger partial charge in [-0.05, 0) is 30.9 Å². The first-order valence-electron chi connectivity index (χ1n) is 7.41. The Morgan fingerprint density at radius 3 is 2.90 bits per heavy atom. The van der Waals surface area contributed by atoms with Gasteiger partial charge in [-0.2, -0.15) is 0 Å². The number of piperidine rings is 1. The van der Waals surface area contributed by atoms with Crippen LogP contribution in [0, 0.1) is 0 Å². The number of carbonyl (C=O) groups is 1. The molecule has 5 heteroatoms. The fourth-order valence-corrected chi connectivity index (χ4v) is 2.50. The van der Waals surface area contributed by atoms with E-state index in [9.17, 15) is 4.79 Å². The van der Waals surface area contributed by atoms with Crippen molar-refractivity contribution in [3.05, 3.63) is 24.0 Å². The zero-order valence-corrected chi connectivity index (χ0v) is 12.3. The summed E-state index contributed by atoms with van der Waals surface area (Å²) in [7, 11) is 1.70. The van der Waals surface area contributed by atoms with Crippen molar-refractivity contribution in [1.29, 1.82) is 0 Å². The number of ether oxygens (including phenoxy) is 1. The number of nitrogens with zero attached hydrogens (tertiary/aromatic N) is 2. The van der Waals surface area contributed by atoms with Gasteiger partial charge < -0.3 is 19.5 Å². The maximum Gasteiger partial charge on any atom is 0.242 e. The lowest BCUT2D eigenvalue weighted by Crippen LogP contribution is -2.37. The Kier molecular flexibility index (Phi) is 6.08. The molecule has 0 atom stereocenters. The number of hydrogen-bond donors (Lipinski definition) is 1. The van der Waals surface area contributed by atoms with Crippen molar-refractivity contribution >= 4 is 5.91 Å². The van der Waals surface area contributed by atoms with Crippen molar-refractivity contribution < 1.29 is 9.53 Å². The predicted octanol–water partition coefficient (Wildman–Crippen LogP) is 1.24. The van der Waals surface area contributed by atoms with Crippen molar-refractivity contribution in [3.63, 3.8) is 0 Å². The van der Waals surface area contributed by atoms with E-state index < -0.39 is 0 Å². The quantitative estimate of drug-likeness (QED) is 0.764. The Hall–Kier alpha value is -1.33. The lowest BCUT2D eigenvalue weighted by atomic mass is 10.1. The molecule has 1 aliphatic heterocycles. The van der Waals surface area contributed by atoms with E-state index in [1.165, 1.54) is 12.0 Å². The molecule has 1 aliphatic rings. The van der Waals surface area contributed by atoms with Gasteiger partial charge in [-0.15, -0.1) is 0 Å². The smallest absolute Gasteiger partial charge is 0.242 e. The molecule has 0 aromatic carbocycles. The van der Waals surface area contributed by atoms with E-state index in [-0.39, 0.29) is 5.91 Å². The van der Waals surface area contributed by atoms with Gasteiger partial charge in [0.05, 0.1) is 6.61 Å². The Morgan fingerprint density at radius 2 is 2.15 bits per heavy atom. The summed E-state index contributed by atoms with van der Waals surface area (Å²) in [5.74, 6) is 0.235. The van der Waals surface area contributed by atoms with Gasteiger partial charge in [0.2, 0.25) is 5.91 Å². The maximum absolute atomic E-state index is 12.1. The van der Waals surface area contributed by atoms with Gasteiger partial charge in [-0.25, -0.2) is 0 Å². The van der Waals surface area contributed by atoms with Gasteiger partial charge in [-0.1, -0.05) is 0 Å². The van der Waals surface area contributed by atoms with Crippen LogP contribution in [0.15, 0.2) is 18.5 Å². The Balaban J connectivity index is 1.75. The minimum Gasteiger partial charge on any atom is -0.383 e. The highest BCUT2D eigenvalue weighted by atomic mass is 16.5. The van der Waals surface area contributed by atoms with Gasteiger partial charge in [0.1, 0.15) is 6.54 Å². The topological polar surface area (TPSA) is 46.5 Å². The van der Waals surface area contributed by atoms with Crippen LogP contribution >= 0.6 is 0 Å². The molecular formula is C15H25N3O2. The molecular weight excluding hydrogens is 254 g/mol. The molecule has 0 saturated carbocycles. The predicted molar refractivity (Wildman–Crippen MR) is 78.4 cm³/mol. The number of rotatable bonds is 7. The zero-order chi connectivity index (χ0) is 14.2. The highest BCUT2D eigenvalue weighted by Gasteiger charge is 2.16. The van der Waals surface area contributed by atoms with Crippen molar-refractivity contribution in [2.45, 2.75) is 32.4 Å². The maximum atomic E-state index is 12.1. The molecule has 0 radical (unpaired) electrons. The molecule has 2 heterocycles. The highest BCUT2D eigenvalue weighted by molar-refractivity contribution is 5.76. The number of likely N-dealkylation sites (tertiary alicyclic amines) is 1. The SMILES string of the molecule is COCCNCc1ccn(CC(=O)N2CCCCC2)c1. The number of carbonyl (C=O) groups excluding carboxylic acids is 1. The normalized spacial score (nSPS) is 15.6. The van der Waals surface area contributed by atoms with Crippen molar-refractivity contribution in [1.82, 2.24) is 14.8 Å². The summed E-state index contributed by atoms with van der Waals surface area (Å²) >= 11 is 0. The first-order valence-corrected chi connectivity index (χ1v) is 7.41. The molecule has 20 heavy (non-hydrogen) atoms. The molecule has 1 saturated heterocycles. The third-order valence-corrected chi connectivity index (χ3v) is 3.65. The van der Waals surface area contributed by atoms with Crippen molar-refractivity contribution in [3.8, 4) is 0 Å². The van der Waals surface area contributed by atoms with Crippen LogP contribution in [0.1, 0.15) is 24.8 Å². The fourth-order valence-electron chi connectivity index (χ4n) is 2.50. The van der Waals surface area contributed by atoms with E-state index in [1.54, 1.807) is 7.11 Å². The number of aromatic nitrogens is 1. The molecule has 0 aliphatic carbocycles. The number of hydrogen-bond acceptors (Lipinski definition) is 3. The van der Waals surface area contributed by atoms with E-state index in [2.05, 4.69) is 11.4 Å². The first kappa shape index (κ1) is 15.1. The molecule has 1 amide bonds. The zero-order valence-electron chi connectivity index (χ0n) is 12.3. The molecule has 1 aromatic heterocycles. The van der Waals surface area contributed by atoms with Gasteiger partial charge in [0.25, 0.3) is 0 Å². The van der Waals surface area contributed by atoms with E-state index >= 15 is 0 Å². The van der Waals surface area contributed by atoms with Gasteiger partial charge >= 0.3 is 0 Å². The van der Waals surface area contributed by atoms with Gasteiger partial charge in [-0.3, -0.25) is 4.79 Å². The second kappa shape index (κ2) is 8.07. The number of amides is 1. The van der Waals surface area contributed by atoms with E-state index in [1.807, 2.05) is 21.9 Å². The van der Waals surface area contributed by atoms with Crippen LogP contribution in [0.2, 0.25) is 0 Å². The summed E-state index contributed by atoms with van der Waals surface area (Å²) in [5.41, 5.74) is 1.20. The number of methoxy groups -OCH3 is 1. The molecule has 0 unspecified atom stereocenters. The average molecular weight is 279 g/mol. The van der Waals surface area contributed by atoms with E-state index in [0.29, 0.717) is 13.2 Å². The lowest BCUT2D eigenvalue weighted by Gasteiger charge is -2.26. The highest BCUT2D eigenvalue weighted by Crippen LogP contribution is 2.10. The van der Waals surface area contributed by atoms with E-state index in [0.717, 1.165) is 39.0 Å². The van der Waals surface area contributed by atoms with Crippen LogP contribution in [0.25, 0.3) is 0 Å². The summed E-state index contributed by atoms with van der Waals surface area (Å²) in [6.07, 6.45) is 7.57. The van der Waals surface area contributed by atoms with Crippen molar-refractivity contribution in [2.24, 2.45) is 0 Å². The Bertz CT molecular complexity index is 411. The van der Waals surface area contributed by atoms with E-state index in [4.69, 9.17) is 4.74 Å². The third-order valence-electron chi connectivity index (χ3n) is 3.65. The molecule has 5 nitrogen and oxygen atoms in total. The third kappa shape index (κ3) is 4.65. The second-order valence-electron chi connectivity index (χ2n) is 5.30. The number of nitrogens with one attached hydrogen (secondary N) is 1. The lowest BCUT2D eigenvalue weighted by molar-refractivity contribution is -0.132. The first-order chi connectivity index (χ1) is 9.79. The molecule has 0 bridgehead atoms. The van der Waals surface area contributed by atoms with Gasteiger partial charge in [0, 0.05) is 45.7 Å². The van der Waals surface area contributed by atoms with Crippen LogP contribution in [0.4, 0.5) is 0 Å². The fraction of sp³-hybridized carbons (Fsp3) is 0.667. The summed E-state index contributed by atoms with van der Waals surface area (Å²) in [6, 6.07) is 2.06. The van der Waals surface area contributed by atoms with Crippen LogP contribution in [0.3, 0.4) is 0 Å². The minimum atomic E-state index is 0.235. The average Bonchev–Trinajstić information content (AvgIpc) is 2.92. The monoisotopic (exact) mass is 279 g/mol. The molecule has 1 N–H and O–H groups in total. The summed E-state index contributed by atoms with van der Waals surface area (Å²) in [6.45, 7) is 4.67. The molecule has 112 valence electrons. The van der Waals surface area contributed by atoms with Crippen molar-refractivity contribution in [2.75, 3.05) is 33.4 Å². The molecule has 2 rings (SSSR count). The summed E-state index contributed by atoms with van der Waals surface area (Å²) < 4.78 is 6.96. The van der Waals surface area contributed by atoms with Crippen LogP contribution < -0.4 is 5.32 Å². The Morgan fingerprint density at radius 1 is 1.35 bits per heavy atom. The van der Waals surface area contributed by atoms with Crippen LogP contribution in [-0.2, 0) is 22.6 Å². The van der Waals surface area contributed by atoms with Crippen LogP contribution in [-0.4, -0.2) is 48.7 Å². The molecule has 0 spiro atoms. The summed E-state index contributed by atoms with van der Waals surface area (Å²) in [5, 5.41) is 3.30. The second-order valence-corrected chi connectivity index (χ2v) is 5.30. The van der Waals surface area contributed by atoms with Crippen LogP contribution in [0.5, 0.6) is 0 Å². The molecule has 1 aromatic rings.